The fraction of sp³-hybridized carbons (Fsp3) is 0.115. The Bertz CT molecular complexity index is 1720. The maximum Gasteiger partial charge on any atom is 0.284 e. The molecule has 0 fully saturated rings. The van der Waals surface area contributed by atoms with Crippen molar-refractivity contribution in [2.45, 2.75) is 13.0 Å². The lowest BCUT2D eigenvalue weighted by molar-refractivity contribution is 0.102. The number of pyridine rings is 1. The van der Waals surface area contributed by atoms with Crippen LogP contribution < -0.4 is 20.9 Å². The van der Waals surface area contributed by atoms with Crippen LogP contribution in [0.25, 0.3) is 16.7 Å². The van der Waals surface area contributed by atoms with Gasteiger partial charge in [-0.05, 0) is 49.4 Å². The molecule has 39 heavy (non-hydrogen) atoms. The molecule has 0 bridgehead atoms. The number of carbonyl (C=O) groups is 1. The summed E-state index contributed by atoms with van der Waals surface area (Å²) in [6, 6.07) is 11.3. The van der Waals surface area contributed by atoms with E-state index in [0.29, 0.717) is 16.9 Å². The van der Waals surface area contributed by atoms with Gasteiger partial charge in [-0.15, -0.1) is 0 Å². The van der Waals surface area contributed by atoms with E-state index in [1.165, 1.54) is 60.9 Å². The van der Waals surface area contributed by atoms with Gasteiger partial charge in [0.2, 0.25) is 0 Å². The molecule has 1 amide bonds. The smallest absolute Gasteiger partial charge is 0.284 e. The molecule has 0 aliphatic carbocycles. The summed E-state index contributed by atoms with van der Waals surface area (Å²) in [5.41, 5.74) is -0.226. The summed E-state index contributed by atoms with van der Waals surface area (Å²) in [6.45, 7) is 1.63. The Morgan fingerprint density at radius 1 is 1.10 bits per heavy atom. The lowest BCUT2D eigenvalue weighted by Gasteiger charge is -2.13. The molecule has 5 rings (SSSR count). The molecule has 4 N–H and O–H groups in total. The van der Waals surface area contributed by atoms with Crippen LogP contribution in [0.1, 0.15) is 17.3 Å². The number of rotatable bonds is 8. The highest BCUT2D eigenvalue weighted by molar-refractivity contribution is 6.04. The van der Waals surface area contributed by atoms with Crippen molar-refractivity contribution in [3.8, 4) is 17.2 Å². The average molecular weight is 533 g/mol. The van der Waals surface area contributed by atoms with Crippen LogP contribution >= 0.6 is 0 Å². The minimum atomic E-state index is -0.783. The van der Waals surface area contributed by atoms with E-state index in [1.807, 2.05) is 0 Å². The third kappa shape index (κ3) is 5.29. The first-order valence-electron chi connectivity index (χ1n) is 11.7. The van der Waals surface area contributed by atoms with Crippen molar-refractivity contribution < 1.29 is 23.4 Å². The molecule has 0 aliphatic heterocycles. The zero-order valence-electron chi connectivity index (χ0n) is 20.4. The summed E-state index contributed by atoms with van der Waals surface area (Å²) < 4.78 is 35.0. The highest BCUT2D eigenvalue weighted by Crippen LogP contribution is 2.34. The number of aromatic nitrogens is 5. The summed E-state index contributed by atoms with van der Waals surface area (Å²) in [4.78, 5) is 29.8. The quantitative estimate of drug-likeness (QED) is 0.237. The van der Waals surface area contributed by atoms with Crippen molar-refractivity contribution in [3.05, 3.63) is 94.5 Å². The molecule has 3 aromatic heterocycles. The number of aromatic amines is 1. The van der Waals surface area contributed by atoms with Crippen molar-refractivity contribution in [3.63, 3.8) is 0 Å². The molecule has 198 valence electrons. The van der Waals surface area contributed by atoms with E-state index >= 15 is 4.39 Å². The van der Waals surface area contributed by atoms with Gasteiger partial charge in [-0.1, -0.05) is 0 Å². The molecule has 1 unspecified atom stereocenters. The van der Waals surface area contributed by atoms with Gasteiger partial charge < -0.3 is 20.5 Å². The number of halogens is 2. The van der Waals surface area contributed by atoms with Gasteiger partial charge in [-0.3, -0.25) is 14.7 Å². The van der Waals surface area contributed by atoms with Crippen LogP contribution in [-0.2, 0) is 0 Å². The van der Waals surface area contributed by atoms with Crippen LogP contribution in [0.3, 0.4) is 0 Å². The third-order valence-electron chi connectivity index (χ3n) is 5.65. The van der Waals surface area contributed by atoms with Crippen molar-refractivity contribution >= 4 is 28.4 Å². The van der Waals surface area contributed by atoms with E-state index in [2.05, 4.69) is 30.9 Å². The maximum atomic E-state index is 15.0. The number of aliphatic hydroxyl groups is 1. The van der Waals surface area contributed by atoms with Crippen LogP contribution in [0.5, 0.6) is 11.5 Å². The molecule has 0 radical (unpaired) electrons. The number of nitrogens with one attached hydrogen (secondary N) is 3. The molecule has 0 saturated carbocycles. The number of hydrogen-bond acceptors (Lipinski definition) is 8. The zero-order chi connectivity index (χ0) is 27.5. The fourth-order valence-electron chi connectivity index (χ4n) is 3.72. The molecule has 3 heterocycles. The number of aliphatic hydroxyl groups excluding tert-OH is 1. The van der Waals surface area contributed by atoms with Crippen molar-refractivity contribution in [1.29, 1.82) is 0 Å². The Balaban J connectivity index is 1.36. The second-order valence-electron chi connectivity index (χ2n) is 8.47. The number of H-pyrrole nitrogens is 1. The molecule has 11 nitrogen and oxygen atoms in total. The largest absolute Gasteiger partial charge is 0.453 e. The number of nitrogens with zero attached hydrogens (tertiary/aromatic N) is 4. The van der Waals surface area contributed by atoms with Crippen LogP contribution in [-0.4, -0.2) is 48.6 Å². The summed E-state index contributed by atoms with van der Waals surface area (Å²) >= 11 is 0. The van der Waals surface area contributed by atoms with E-state index < -0.39 is 23.1 Å². The molecule has 13 heteroatoms. The Labute approximate surface area is 219 Å². The van der Waals surface area contributed by atoms with Gasteiger partial charge in [0.25, 0.3) is 11.5 Å². The maximum absolute atomic E-state index is 15.0. The van der Waals surface area contributed by atoms with E-state index in [-0.39, 0.29) is 41.1 Å². The molecule has 2 aromatic carbocycles. The minimum absolute atomic E-state index is 0.0803. The van der Waals surface area contributed by atoms with Gasteiger partial charge in [-0.25, -0.2) is 13.8 Å². The van der Waals surface area contributed by atoms with Gasteiger partial charge in [0.05, 0.1) is 12.3 Å². The standard InChI is InChI=1S/C26H21F2N7O4/c1-14(13-36)31-24-22-21(9-10-29-23(22)33-34-24)39-20-7-4-16(12-19(20)28)32-25(37)18-8-11-30-35(26(18)38)17-5-2-15(27)3-6-17/h2-12,14,36H,13H2,1H3,(H,32,37)(H2,29,31,33,34). The Morgan fingerprint density at radius 3 is 2.64 bits per heavy atom. The van der Waals surface area contributed by atoms with E-state index in [9.17, 15) is 19.1 Å². The summed E-state index contributed by atoms with van der Waals surface area (Å²) in [5.74, 6) is -1.54. The minimum Gasteiger partial charge on any atom is -0.453 e. The predicted molar refractivity (Wildman–Crippen MR) is 138 cm³/mol. The second kappa shape index (κ2) is 10.7. The Kier molecular flexibility index (Phi) is 6.97. The van der Waals surface area contributed by atoms with Crippen molar-refractivity contribution in [2.75, 3.05) is 17.2 Å². The molecule has 0 aliphatic rings. The lowest BCUT2D eigenvalue weighted by Crippen LogP contribution is -2.29. The van der Waals surface area contributed by atoms with E-state index in [4.69, 9.17) is 4.74 Å². The highest BCUT2D eigenvalue weighted by atomic mass is 19.1. The molecular formula is C26H21F2N7O4. The van der Waals surface area contributed by atoms with Gasteiger partial charge in [0.15, 0.2) is 23.0 Å². The topological polar surface area (TPSA) is 147 Å². The van der Waals surface area contributed by atoms with Crippen LogP contribution in [0.15, 0.2) is 71.8 Å². The number of carbonyl (C=O) groups excluding carboxylic acids is 1. The first-order chi connectivity index (χ1) is 18.8. The number of ether oxygens (including phenoxy) is 1. The summed E-state index contributed by atoms with van der Waals surface area (Å²) in [6.07, 6.45) is 2.72. The van der Waals surface area contributed by atoms with Crippen LogP contribution in [0, 0.1) is 11.6 Å². The predicted octanol–water partition coefficient (Wildman–Crippen LogP) is 3.62. The zero-order valence-corrected chi connectivity index (χ0v) is 20.4. The Morgan fingerprint density at radius 2 is 1.90 bits per heavy atom. The van der Waals surface area contributed by atoms with Gasteiger partial charge in [-0.2, -0.15) is 14.9 Å². The first kappa shape index (κ1) is 25.5. The monoisotopic (exact) mass is 533 g/mol. The third-order valence-corrected chi connectivity index (χ3v) is 5.65. The van der Waals surface area contributed by atoms with Gasteiger partial charge in [0, 0.05) is 36.3 Å². The van der Waals surface area contributed by atoms with Crippen LogP contribution in [0.4, 0.5) is 20.3 Å². The molecule has 1 atom stereocenters. The number of fused-ring (bicyclic) bond motifs is 1. The number of amides is 1. The molecule has 5 aromatic rings. The Hall–Kier alpha value is -5.17. The lowest BCUT2D eigenvalue weighted by atomic mass is 10.2. The van der Waals surface area contributed by atoms with Gasteiger partial charge >= 0.3 is 0 Å². The van der Waals surface area contributed by atoms with E-state index in [1.54, 1.807) is 6.92 Å². The highest BCUT2D eigenvalue weighted by Gasteiger charge is 2.18. The first-order valence-corrected chi connectivity index (χ1v) is 11.7. The van der Waals surface area contributed by atoms with Crippen molar-refractivity contribution in [2.24, 2.45) is 0 Å². The number of anilines is 2. The average Bonchev–Trinajstić information content (AvgIpc) is 3.34. The molecule has 0 spiro atoms. The fourth-order valence-corrected chi connectivity index (χ4v) is 3.72. The number of benzene rings is 2. The number of hydrogen-bond donors (Lipinski definition) is 4. The normalized spacial score (nSPS) is 11.8. The molecule has 0 saturated heterocycles. The van der Waals surface area contributed by atoms with Crippen molar-refractivity contribution in [1.82, 2.24) is 25.0 Å². The summed E-state index contributed by atoms with van der Waals surface area (Å²) in [5, 5.41) is 26.1. The second-order valence-corrected chi connectivity index (χ2v) is 8.47. The van der Waals surface area contributed by atoms with E-state index in [0.717, 1.165) is 10.7 Å². The molecular weight excluding hydrogens is 512 g/mol. The SMILES string of the molecule is CC(CO)Nc1n[nH]c2nccc(Oc3ccc(NC(=O)c4ccnn(-c5ccc(F)cc5)c4=O)cc3F)c12. The summed E-state index contributed by atoms with van der Waals surface area (Å²) in [7, 11) is 0. The van der Waals surface area contributed by atoms with Gasteiger partial charge in [0.1, 0.15) is 22.5 Å². The van der Waals surface area contributed by atoms with Crippen LogP contribution in [0.2, 0.25) is 0 Å².